The Balaban J connectivity index is 1.45. The zero-order valence-electron chi connectivity index (χ0n) is 16.8. The summed E-state index contributed by atoms with van der Waals surface area (Å²) in [6.07, 6.45) is 9.64. The number of nitrogens with zero attached hydrogens (tertiary/aromatic N) is 2. The van der Waals surface area contributed by atoms with E-state index in [2.05, 4.69) is 52.4 Å². The smallest absolute Gasteiger partial charge is 0.241 e. The number of unbranched alkanes of at least 4 members (excludes halogenated alkanes) is 1. The zero-order valence-corrected chi connectivity index (χ0v) is 16.8. The first-order valence-electron chi connectivity index (χ1n) is 11.1. The Bertz CT molecular complexity index is 624. The highest BCUT2D eigenvalue weighted by molar-refractivity contribution is 5.88. The standard InChI is InChI=1S/C23H35N3O/c1-2-3-15-26-18-24-22(27)23(26)13-16-25(17-14-23)21-12-8-7-11-20(21)19-9-5-4-6-10-19/h4-6,9-10,20-21H,2-3,7-8,11-18H2,1H3,(H,24,27)/t20-,21-/m1/s1. The van der Waals surface area contributed by atoms with Crippen molar-refractivity contribution in [3.8, 4) is 0 Å². The van der Waals surface area contributed by atoms with Gasteiger partial charge in [-0.25, -0.2) is 0 Å². The quantitative estimate of drug-likeness (QED) is 0.859. The lowest BCUT2D eigenvalue weighted by molar-refractivity contribution is -0.129. The van der Waals surface area contributed by atoms with Gasteiger partial charge in [-0.3, -0.25) is 14.6 Å². The van der Waals surface area contributed by atoms with Gasteiger partial charge in [-0.2, -0.15) is 0 Å². The highest BCUT2D eigenvalue weighted by atomic mass is 16.2. The molecule has 148 valence electrons. The Morgan fingerprint density at radius 3 is 2.59 bits per heavy atom. The number of carbonyl (C=O) groups is 1. The van der Waals surface area contributed by atoms with E-state index >= 15 is 0 Å². The first-order chi connectivity index (χ1) is 13.2. The molecule has 2 heterocycles. The third-order valence-electron chi connectivity index (χ3n) is 7.29. The van der Waals surface area contributed by atoms with Gasteiger partial charge in [0, 0.05) is 25.7 Å². The van der Waals surface area contributed by atoms with E-state index in [1.54, 1.807) is 0 Å². The monoisotopic (exact) mass is 369 g/mol. The van der Waals surface area contributed by atoms with Crippen molar-refractivity contribution in [3.63, 3.8) is 0 Å². The van der Waals surface area contributed by atoms with E-state index in [-0.39, 0.29) is 11.4 Å². The average Bonchev–Trinajstić information content (AvgIpc) is 3.03. The van der Waals surface area contributed by atoms with Crippen molar-refractivity contribution < 1.29 is 4.79 Å². The molecule has 2 aliphatic heterocycles. The molecule has 1 aromatic carbocycles. The fourth-order valence-electron chi connectivity index (χ4n) is 5.68. The lowest BCUT2D eigenvalue weighted by atomic mass is 9.77. The predicted molar refractivity (Wildman–Crippen MR) is 110 cm³/mol. The summed E-state index contributed by atoms with van der Waals surface area (Å²) in [4.78, 5) is 17.9. The maximum atomic E-state index is 12.7. The normalized spacial score (nSPS) is 29.1. The number of nitrogens with one attached hydrogen (secondary N) is 1. The van der Waals surface area contributed by atoms with Crippen LogP contribution in [0.3, 0.4) is 0 Å². The van der Waals surface area contributed by atoms with E-state index < -0.39 is 0 Å². The van der Waals surface area contributed by atoms with E-state index in [9.17, 15) is 4.79 Å². The van der Waals surface area contributed by atoms with Crippen LogP contribution in [0.15, 0.2) is 30.3 Å². The molecule has 2 saturated heterocycles. The molecular formula is C23H35N3O. The summed E-state index contributed by atoms with van der Waals surface area (Å²) in [6, 6.07) is 11.8. The van der Waals surface area contributed by atoms with Gasteiger partial charge in [0.05, 0.1) is 6.67 Å². The highest BCUT2D eigenvalue weighted by Crippen LogP contribution is 2.40. The number of rotatable bonds is 5. The SMILES string of the molecule is CCCCN1CNC(=O)C12CCN([C@@H]1CCCC[C@@H]1c1ccccc1)CC2. The number of hydrogen-bond donors (Lipinski definition) is 1. The molecule has 0 bridgehead atoms. The van der Waals surface area contributed by atoms with E-state index in [1.807, 2.05) is 0 Å². The molecule has 0 radical (unpaired) electrons. The van der Waals surface area contributed by atoms with Crippen molar-refractivity contribution in [3.05, 3.63) is 35.9 Å². The molecule has 4 heteroatoms. The minimum atomic E-state index is -0.234. The van der Waals surface area contributed by atoms with Gasteiger partial charge in [0.1, 0.15) is 5.54 Å². The molecule has 0 aromatic heterocycles. The summed E-state index contributed by atoms with van der Waals surface area (Å²) in [5.41, 5.74) is 1.27. The summed E-state index contributed by atoms with van der Waals surface area (Å²) in [6.45, 7) is 6.14. The molecule has 1 aliphatic carbocycles. The van der Waals surface area contributed by atoms with Crippen molar-refractivity contribution in [1.29, 1.82) is 0 Å². The maximum Gasteiger partial charge on any atom is 0.241 e. The second-order valence-electron chi connectivity index (χ2n) is 8.72. The fraction of sp³-hybridized carbons (Fsp3) is 0.696. The first-order valence-corrected chi connectivity index (χ1v) is 11.1. The molecule has 1 amide bonds. The van der Waals surface area contributed by atoms with Gasteiger partial charge in [0.15, 0.2) is 0 Å². The van der Waals surface area contributed by atoms with Crippen molar-refractivity contribution in [2.45, 2.75) is 75.8 Å². The van der Waals surface area contributed by atoms with Crippen LogP contribution in [0.4, 0.5) is 0 Å². The number of benzene rings is 1. The third kappa shape index (κ3) is 3.66. The van der Waals surface area contributed by atoms with Crippen LogP contribution in [0, 0.1) is 0 Å². The Morgan fingerprint density at radius 2 is 1.85 bits per heavy atom. The van der Waals surface area contributed by atoms with Crippen LogP contribution in [-0.4, -0.2) is 53.6 Å². The lowest BCUT2D eigenvalue weighted by Gasteiger charge is -2.47. The van der Waals surface area contributed by atoms with Crippen LogP contribution in [0.2, 0.25) is 0 Å². The molecule has 27 heavy (non-hydrogen) atoms. The average molecular weight is 370 g/mol. The number of piperidine rings is 1. The molecule has 1 N–H and O–H groups in total. The molecule has 4 rings (SSSR count). The fourth-order valence-corrected chi connectivity index (χ4v) is 5.68. The number of hydrogen-bond acceptors (Lipinski definition) is 3. The van der Waals surface area contributed by atoms with Crippen LogP contribution in [-0.2, 0) is 4.79 Å². The van der Waals surface area contributed by atoms with Gasteiger partial charge in [0.25, 0.3) is 0 Å². The van der Waals surface area contributed by atoms with Crippen LogP contribution in [0.1, 0.15) is 69.8 Å². The zero-order chi connectivity index (χ0) is 18.7. The number of amides is 1. The van der Waals surface area contributed by atoms with Crippen molar-refractivity contribution in [2.75, 3.05) is 26.3 Å². The van der Waals surface area contributed by atoms with Gasteiger partial charge in [-0.15, -0.1) is 0 Å². The molecule has 3 aliphatic rings. The maximum absolute atomic E-state index is 12.7. The summed E-state index contributed by atoms with van der Waals surface area (Å²) in [5, 5.41) is 3.14. The number of likely N-dealkylation sites (tertiary alicyclic amines) is 1. The van der Waals surface area contributed by atoms with Gasteiger partial charge in [0.2, 0.25) is 5.91 Å². The lowest BCUT2D eigenvalue weighted by Crippen LogP contribution is -2.58. The van der Waals surface area contributed by atoms with Gasteiger partial charge in [-0.05, 0) is 43.6 Å². The summed E-state index contributed by atoms with van der Waals surface area (Å²) in [5.74, 6) is 0.934. The minimum Gasteiger partial charge on any atom is -0.342 e. The van der Waals surface area contributed by atoms with E-state index in [0.29, 0.717) is 12.0 Å². The van der Waals surface area contributed by atoms with Gasteiger partial charge >= 0.3 is 0 Å². The van der Waals surface area contributed by atoms with Crippen LogP contribution in [0.5, 0.6) is 0 Å². The second kappa shape index (κ2) is 8.32. The molecule has 0 unspecified atom stereocenters. The van der Waals surface area contributed by atoms with Gasteiger partial charge in [-0.1, -0.05) is 56.5 Å². The minimum absolute atomic E-state index is 0.234. The summed E-state index contributed by atoms with van der Waals surface area (Å²) in [7, 11) is 0. The highest BCUT2D eigenvalue weighted by Gasteiger charge is 2.50. The topological polar surface area (TPSA) is 35.6 Å². The second-order valence-corrected chi connectivity index (χ2v) is 8.72. The Kier molecular flexibility index (Phi) is 5.84. The summed E-state index contributed by atoms with van der Waals surface area (Å²) >= 11 is 0. The Morgan fingerprint density at radius 1 is 1.11 bits per heavy atom. The van der Waals surface area contributed by atoms with Crippen molar-refractivity contribution >= 4 is 5.91 Å². The van der Waals surface area contributed by atoms with Crippen LogP contribution < -0.4 is 5.32 Å². The van der Waals surface area contributed by atoms with Crippen LogP contribution >= 0.6 is 0 Å². The molecule has 3 fully saturated rings. The first kappa shape index (κ1) is 18.9. The molecule has 1 spiro atoms. The van der Waals surface area contributed by atoms with E-state index in [1.165, 1.54) is 44.1 Å². The molecule has 1 aromatic rings. The molecular weight excluding hydrogens is 334 g/mol. The molecule has 2 atom stereocenters. The Labute approximate surface area is 164 Å². The van der Waals surface area contributed by atoms with Crippen molar-refractivity contribution in [2.24, 2.45) is 0 Å². The third-order valence-corrected chi connectivity index (χ3v) is 7.29. The summed E-state index contributed by atoms with van der Waals surface area (Å²) < 4.78 is 0. The van der Waals surface area contributed by atoms with E-state index in [4.69, 9.17) is 0 Å². The Hall–Kier alpha value is -1.39. The molecule has 4 nitrogen and oxygen atoms in total. The van der Waals surface area contributed by atoms with Crippen molar-refractivity contribution in [1.82, 2.24) is 15.1 Å². The number of carbonyl (C=O) groups excluding carboxylic acids is 1. The van der Waals surface area contributed by atoms with E-state index in [0.717, 1.165) is 39.1 Å². The van der Waals surface area contributed by atoms with Crippen LogP contribution in [0.25, 0.3) is 0 Å². The molecule has 1 saturated carbocycles. The predicted octanol–water partition coefficient (Wildman–Crippen LogP) is 3.74. The largest absolute Gasteiger partial charge is 0.342 e. The van der Waals surface area contributed by atoms with Gasteiger partial charge < -0.3 is 5.32 Å².